The lowest BCUT2D eigenvalue weighted by molar-refractivity contribution is -0.149. The topological polar surface area (TPSA) is 49.8 Å². The maximum atomic E-state index is 11.0. The van der Waals surface area contributed by atoms with Gasteiger partial charge in [-0.1, -0.05) is 0 Å². The molecule has 1 aliphatic heterocycles. The summed E-state index contributed by atoms with van der Waals surface area (Å²) < 4.78 is 5.46. The molecule has 1 atom stereocenters. The number of hydrogen-bond donors (Lipinski definition) is 1. The molecule has 0 radical (unpaired) electrons. The standard InChI is InChI=1S/C10H19NO3/c1-10(2,9(12)13)11(3)7-8-5-4-6-14-8/h8H,4-7H2,1-3H3,(H,12,13). The van der Waals surface area contributed by atoms with Crippen molar-refractivity contribution in [1.82, 2.24) is 4.90 Å². The van der Waals surface area contributed by atoms with E-state index in [2.05, 4.69) is 0 Å². The predicted octanol–water partition coefficient (Wildman–Crippen LogP) is 0.960. The molecule has 14 heavy (non-hydrogen) atoms. The van der Waals surface area contributed by atoms with Crippen molar-refractivity contribution in [3.8, 4) is 0 Å². The lowest BCUT2D eigenvalue weighted by Crippen LogP contribution is -2.50. The third-order valence-electron chi connectivity index (χ3n) is 2.98. The summed E-state index contributed by atoms with van der Waals surface area (Å²) in [5.41, 5.74) is -0.814. The Labute approximate surface area is 84.8 Å². The van der Waals surface area contributed by atoms with Crippen LogP contribution in [0.1, 0.15) is 26.7 Å². The molecule has 0 saturated carbocycles. The van der Waals surface area contributed by atoms with Gasteiger partial charge in [0.25, 0.3) is 0 Å². The van der Waals surface area contributed by atoms with Crippen LogP contribution in [0.4, 0.5) is 0 Å². The summed E-state index contributed by atoms with van der Waals surface area (Å²) in [6.45, 7) is 4.93. The van der Waals surface area contributed by atoms with E-state index in [9.17, 15) is 4.79 Å². The van der Waals surface area contributed by atoms with Crippen molar-refractivity contribution < 1.29 is 14.6 Å². The number of likely N-dealkylation sites (N-methyl/N-ethyl adjacent to an activating group) is 1. The van der Waals surface area contributed by atoms with E-state index in [1.807, 2.05) is 11.9 Å². The van der Waals surface area contributed by atoms with Gasteiger partial charge in [-0.15, -0.1) is 0 Å². The maximum Gasteiger partial charge on any atom is 0.323 e. The third-order valence-corrected chi connectivity index (χ3v) is 2.98. The van der Waals surface area contributed by atoms with E-state index >= 15 is 0 Å². The van der Waals surface area contributed by atoms with E-state index in [1.54, 1.807) is 13.8 Å². The lowest BCUT2D eigenvalue weighted by atomic mass is 10.0. The van der Waals surface area contributed by atoms with Gasteiger partial charge in [-0.2, -0.15) is 0 Å². The summed E-state index contributed by atoms with van der Waals surface area (Å²) in [7, 11) is 1.83. The van der Waals surface area contributed by atoms with Crippen LogP contribution in [0.5, 0.6) is 0 Å². The first-order valence-electron chi connectivity index (χ1n) is 5.01. The predicted molar refractivity (Wildman–Crippen MR) is 53.3 cm³/mol. The van der Waals surface area contributed by atoms with E-state index < -0.39 is 11.5 Å². The molecule has 1 aliphatic rings. The van der Waals surface area contributed by atoms with E-state index in [1.165, 1.54) is 0 Å². The Bertz CT molecular complexity index is 209. The fourth-order valence-electron chi connectivity index (χ4n) is 1.49. The largest absolute Gasteiger partial charge is 0.480 e. The lowest BCUT2D eigenvalue weighted by Gasteiger charge is -2.32. The first-order chi connectivity index (χ1) is 6.44. The van der Waals surface area contributed by atoms with Crippen LogP contribution in [-0.2, 0) is 9.53 Å². The van der Waals surface area contributed by atoms with Crippen LogP contribution in [0.3, 0.4) is 0 Å². The Morgan fingerprint density at radius 1 is 1.64 bits per heavy atom. The zero-order chi connectivity index (χ0) is 10.8. The number of aliphatic carboxylic acids is 1. The minimum atomic E-state index is -0.814. The van der Waals surface area contributed by atoms with Crippen LogP contribution in [-0.4, -0.2) is 47.8 Å². The van der Waals surface area contributed by atoms with Crippen molar-refractivity contribution in [2.45, 2.75) is 38.3 Å². The van der Waals surface area contributed by atoms with Crippen LogP contribution in [0.25, 0.3) is 0 Å². The molecule has 0 amide bonds. The normalized spacial score (nSPS) is 23.0. The second-order valence-electron chi connectivity index (χ2n) is 4.38. The molecule has 1 rings (SSSR count). The maximum absolute atomic E-state index is 11.0. The Morgan fingerprint density at radius 3 is 2.71 bits per heavy atom. The number of carbonyl (C=O) groups is 1. The molecule has 0 aromatic rings. The van der Waals surface area contributed by atoms with Crippen molar-refractivity contribution in [3.05, 3.63) is 0 Å². The van der Waals surface area contributed by atoms with Crippen molar-refractivity contribution in [2.24, 2.45) is 0 Å². The summed E-state index contributed by atoms with van der Waals surface area (Å²) >= 11 is 0. The average molecular weight is 201 g/mol. The highest BCUT2D eigenvalue weighted by molar-refractivity contribution is 5.77. The number of ether oxygens (including phenoxy) is 1. The number of rotatable bonds is 4. The molecule has 0 spiro atoms. The van der Waals surface area contributed by atoms with Crippen molar-refractivity contribution in [1.29, 1.82) is 0 Å². The zero-order valence-corrected chi connectivity index (χ0v) is 9.12. The quantitative estimate of drug-likeness (QED) is 0.736. The zero-order valence-electron chi connectivity index (χ0n) is 9.12. The molecule has 0 aromatic heterocycles. The molecule has 1 saturated heterocycles. The summed E-state index contributed by atoms with van der Waals surface area (Å²) in [5.74, 6) is -0.794. The van der Waals surface area contributed by atoms with Crippen LogP contribution >= 0.6 is 0 Å². The van der Waals surface area contributed by atoms with Crippen LogP contribution in [0.2, 0.25) is 0 Å². The molecule has 82 valence electrons. The van der Waals surface area contributed by atoms with E-state index in [-0.39, 0.29) is 6.10 Å². The van der Waals surface area contributed by atoms with Crippen LogP contribution in [0.15, 0.2) is 0 Å². The van der Waals surface area contributed by atoms with Gasteiger partial charge in [0.15, 0.2) is 0 Å². The van der Waals surface area contributed by atoms with Gasteiger partial charge < -0.3 is 9.84 Å². The summed E-state index contributed by atoms with van der Waals surface area (Å²) in [5, 5.41) is 9.00. The SMILES string of the molecule is CN(CC1CCCO1)C(C)(C)C(=O)O. The first kappa shape index (κ1) is 11.5. The van der Waals surface area contributed by atoms with Gasteiger partial charge >= 0.3 is 5.97 Å². The average Bonchev–Trinajstić information content (AvgIpc) is 2.56. The molecule has 4 heteroatoms. The number of carboxylic acid groups (broad SMARTS) is 1. The highest BCUT2D eigenvalue weighted by Gasteiger charge is 2.33. The van der Waals surface area contributed by atoms with Gasteiger partial charge in [-0.25, -0.2) is 0 Å². The van der Waals surface area contributed by atoms with Gasteiger partial charge in [0.05, 0.1) is 6.10 Å². The van der Waals surface area contributed by atoms with Gasteiger partial charge in [-0.05, 0) is 33.7 Å². The van der Waals surface area contributed by atoms with Gasteiger partial charge in [0, 0.05) is 13.2 Å². The fourth-order valence-corrected chi connectivity index (χ4v) is 1.49. The molecule has 1 N–H and O–H groups in total. The molecule has 1 fully saturated rings. The number of carboxylic acids is 1. The second-order valence-corrected chi connectivity index (χ2v) is 4.38. The minimum Gasteiger partial charge on any atom is -0.480 e. The van der Waals surface area contributed by atoms with Crippen molar-refractivity contribution >= 4 is 5.97 Å². The molecular weight excluding hydrogens is 182 g/mol. The Kier molecular flexibility index (Phi) is 3.50. The number of nitrogens with zero attached hydrogens (tertiary/aromatic N) is 1. The third kappa shape index (κ3) is 2.45. The van der Waals surface area contributed by atoms with E-state index in [0.717, 1.165) is 19.4 Å². The van der Waals surface area contributed by atoms with Crippen molar-refractivity contribution in [2.75, 3.05) is 20.2 Å². The Hall–Kier alpha value is -0.610. The minimum absolute atomic E-state index is 0.207. The summed E-state index contributed by atoms with van der Waals surface area (Å²) in [6.07, 6.45) is 2.34. The summed E-state index contributed by atoms with van der Waals surface area (Å²) in [6, 6.07) is 0. The molecule has 4 nitrogen and oxygen atoms in total. The monoisotopic (exact) mass is 201 g/mol. The smallest absolute Gasteiger partial charge is 0.323 e. The van der Waals surface area contributed by atoms with Gasteiger partial charge in [0.1, 0.15) is 5.54 Å². The second kappa shape index (κ2) is 4.28. The first-order valence-corrected chi connectivity index (χ1v) is 5.01. The van der Waals surface area contributed by atoms with Crippen molar-refractivity contribution in [3.63, 3.8) is 0 Å². The number of hydrogen-bond acceptors (Lipinski definition) is 3. The van der Waals surface area contributed by atoms with Crippen LogP contribution < -0.4 is 0 Å². The molecule has 1 unspecified atom stereocenters. The van der Waals surface area contributed by atoms with E-state index in [0.29, 0.717) is 6.54 Å². The Morgan fingerprint density at radius 2 is 2.29 bits per heavy atom. The summed E-state index contributed by atoms with van der Waals surface area (Å²) in [4.78, 5) is 12.8. The highest BCUT2D eigenvalue weighted by Crippen LogP contribution is 2.18. The molecule has 0 aromatic carbocycles. The fraction of sp³-hybridized carbons (Fsp3) is 0.900. The highest BCUT2D eigenvalue weighted by atomic mass is 16.5. The molecule has 1 heterocycles. The van der Waals surface area contributed by atoms with Gasteiger partial charge in [0.2, 0.25) is 0 Å². The molecule has 0 aliphatic carbocycles. The van der Waals surface area contributed by atoms with Gasteiger partial charge in [-0.3, -0.25) is 9.69 Å². The molecule has 0 bridgehead atoms. The van der Waals surface area contributed by atoms with E-state index in [4.69, 9.17) is 9.84 Å². The Balaban J connectivity index is 2.47. The van der Waals surface area contributed by atoms with Crippen LogP contribution in [0, 0.1) is 0 Å². The molecular formula is C10H19NO3.